The highest BCUT2D eigenvalue weighted by Crippen LogP contribution is 2.27. The second kappa shape index (κ2) is 10.4. The number of hydrogen-bond donors (Lipinski definition) is 2. The van der Waals surface area contributed by atoms with Gasteiger partial charge in [0.15, 0.2) is 0 Å². The summed E-state index contributed by atoms with van der Waals surface area (Å²) in [4.78, 5) is 29.9. The predicted octanol–water partition coefficient (Wildman–Crippen LogP) is 2.82. The number of amides is 2. The summed E-state index contributed by atoms with van der Waals surface area (Å²) in [5, 5.41) is 14.5. The van der Waals surface area contributed by atoms with E-state index in [1.807, 2.05) is 17.0 Å². The summed E-state index contributed by atoms with van der Waals surface area (Å²) in [6.07, 6.45) is 1.96. The van der Waals surface area contributed by atoms with Crippen molar-refractivity contribution in [3.8, 4) is 5.19 Å². The third-order valence-corrected chi connectivity index (χ3v) is 5.59. The van der Waals surface area contributed by atoms with Gasteiger partial charge in [0.1, 0.15) is 12.4 Å². The summed E-state index contributed by atoms with van der Waals surface area (Å²) >= 11 is 7.00. The molecule has 2 amide bonds. The molecule has 3 heterocycles. The van der Waals surface area contributed by atoms with E-state index < -0.39 is 5.91 Å². The molecule has 1 aliphatic heterocycles. The molecule has 2 N–H and O–H groups in total. The maximum Gasteiger partial charge on any atom is 0.296 e. The van der Waals surface area contributed by atoms with Gasteiger partial charge in [-0.3, -0.25) is 14.9 Å². The van der Waals surface area contributed by atoms with E-state index in [0.717, 1.165) is 16.9 Å². The number of carbonyl (C=O) groups is 2. The third kappa shape index (κ3) is 5.49. The van der Waals surface area contributed by atoms with Gasteiger partial charge in [-0.25, -0.2) is 4.98 Å². The average Bonchev–Trinajstić information content (AvgIpc) is 3.26. The van der Waals surface area contributed by atoms with E-state index in [2.05, 4.69) is 25.8 Å². The number of ether oxygens (including phenoxy) is 2. The summed E-state index contributed by atoms with van der Waals surface area (Å²) in [6, 6.07) is 8.93. The number of nitrogens with one attached hydrogen (secondary N) is 2. The lowest BCUT2D eigenvalue weighted by Gasteiger charge is -2.30. The molecule has 3 aromatic rings. The van der Waals surface area contributed by atoms with Gasteiger partial charge in [0.05, 0.1) is 24.5 Å². The molecule has 10 nitrogen and oxygen atoms in total. The molecular formula is C20H19ClN6O4S. The van der Waals surface area contributed by atoms with Crippen LogP contribution in [-0.2, 0) is 16.1 Å². The molecule has 4 rings (SSSR count). The first-order chi connectivity index (χ1) is 15.6. The Morgan fingerprint density at radius 2 is 2.03 bits per heavy atom. The Morgan fingerprint density at radius 1 is 1.25 bits per heavy atom. The van der Waals surface area contributed by atoms with E-state index in [9.17, 15) is 9.59 Å². The Hall–Kier alpha value is -3.28. The number of aromatic nitrogens is 3. The first-order valence-electron chi connectivity index (χ1n) is 9.67. The molecule has 1 aromatic carbocycles. The molecule has 2 aromatic heterocycles. The van der Waals surface area contributed by atoms with E-state index in [1.165, 1.54) is 6.20 Å². The highest BCUT2D eigenvalue weighted by atomic mass is 35.5. The second-order valence-corrected chi connectivity index (χ2v) is 8.07. The number of halogens is 1. The minimum atomic E-state index is -0.392. The van der Waals surface area contributed by atoms with Crippen LogP contribution in [0.3, 0.4) is 0 Å². The van der Waals surface area contributed by atoms with Gasteiger partial charge in [0.2, 0.25) is 11.5 Å². The minimum Gasteiger partial charge on any atom is -0.464 e. The first-order valence-corrected chi connectivity index (χ1v) is 10.9. The molecule has 0 aliphatic carbocycles. The number of nitrogens with zero attached hydrogens (tertiary/aromatic N) is 4. The summed E-state index contributed by atoms with van der Waals surface area (Å²) < 4.78 is 11.0. The van der Waals surface area contributed by atoms with Crippen LogP contribution >= 0.6 is 22.9 Å². The zero-order chi connectivity index (χ0) is 22.3. The highest BCUT2D eigenvalue weighted by molar-refractivity contribution is 7.17. The van der Waals surface area contributed by atoms with E-state index in [-0.39, 0.29) is 0 Å². The average molecular weight is 475 g/mol. The molecule has 32 heavy (non-hydrogen) atoms. The van der Waals surface area contributed by atoms with Crippen molar-refractivity contribution in [1.29, 1.82) is 0 Å². The van der Waals surface area contributed by atoms with Gasteiger partial charge in [-0.2, -0.15) is 0 Å². The van der Waals surface area contributed by atoms with Crippen LogP contribution in [0.5, 0.6) is 5.19 Å². The summed E-state index contributed by atoms with van der Waals surface area (Å²) in [5.41, 5.74) is 1.93. The number of morpholine rings is 1. The Labute approximate surface area is 192 Å². The van der Waals surface area contributed by atoms with E-state index in [1.54, 1.807) is 18.2 Å². The Bertz CT molecular complexity index is 1090. The largest absolute Gasteiger partial charge is 0.464 e. The molecule has 0 bridgehead atoms. The van der Waals surface area contributed by atoms with Crippen LogP contribution in [-0.4, -0.2) is 53.8 Å². The molecule has 0 radical (unpaired) electrons. The van der Waals surface area contributed by atoms with Crippen LogP contribution in [0.25, 0.3) is 0 Å². The molecule has 1 saturated heterocycles. The van der Waals surface area contributed by atoms with Crippen LogP contribution in [0.15, 0.2) is 36.5 Å². The Balaban J connectivity index is 1.45. The van der Waals surface area contributed by atoms with Crippen LogP contribution in [0, 0.1) is 0 Å². The van der Waals surface area contributed by atoms with Crippen LogP contribution in [0.2, 0.25) is 5.02 Å². The van der Waals surface area contributed by atoms with Crippen molar-refractivity contribution in [1.82, 2.24) is 15.2 Å². The molecule has 0 atom stereocenters. The maximum atomic E-state index is 13.0. The lowest BCUT2D eigenvalue weighted by molar-refractivity contribution is -0.105. The molecule has 0 unspecified atom stereocenters. The minimum absolute atomic E-state index is 0.295. The first kappa shape index (κ1) is 21.9. The Kier molecular flexibility index (Phi) is 7.10. The topological polar surface area (TPSA) is 119 Å². The van der Waals surface area contributed by atoms with Crippen molar-refractivity contribution in [2.45, 2.75) is 6.61 Å². The lowest BCUT2D eigenvalue weighted by atomic mass is 10.2. The van der Waals surface area contributed by atoms with Crippen molar-refractivity contribution < 1.29 is 19.1 Å². The fourth-order valence-corrected chi connectivity index (χ4v) is 3.75. The van der Waals surface area contributed by atoms with Crippen molar-refractivity contribution in [3.63, 3.8) is 0 Å². The highest BCUT2D eigenvalue weighted by Gasteiger charge is 2.21. The van der Waals surface area contributed by atoms with E-state index >= 15 is 0 Å². The van der Waals surface area contributed by atoms with Crippen LogP contribution in [0.4, 0.5) is 16.6 Å². The number of anilines is 3. The predicted molar refractivity (Wildman–Crippen MR) is 121 cm³/mol. The fraction of sp³-hybridized carbons (Fsp3) is 0.250. The van der Waals surface area contributed by atoms with E-state index in [0.29, 0.717) is 71.7 Å². The number of carbonyl (C=O) groups excluding carboxylic acids is 2. The van der Waals surface area contributed by atoms with Gasteiger partial charge < -0.3 is 19.7 Å². The number of rotatable bonds is 8. The van der Waals surface area contributed by atoms with Gasteiger partial charge in [-0.05, 0) is 29.0 Å². The molecule has 12 heteroatoms. The number of hydrogen-bond acceptors (Lipinski definition) is 9. The van der Waals surface area contributed by atoms with E-state index in [4.69, 9.17) is 21.1 Å². The zero-order valence-electron chi connectivity index (χ0n) is 16.8. The molecule has 1 aliphatic rings. The van der Waals surface area contributed by atoms with Gasteiger partial charge in [0, 0.05) is 30.4 Å². The monoisotopic (exact) mass is 474 g/mol. The molecule has 0 saturated carbocycles. The molecule has 0 spiro atoms. The lowest BCUT2D eigenvalue weighted by Crippen LogP contribution is -2.37. The number of pyridine rings is 1. The van der Waals surface area contributed by atoms with Crippen LogP contribution < -0.4 is 20.3 Å². The standard InChI is InChI=1S/C20H19ClN6O4S/c21-14-3-1-13(2-4-14)11-31-20-26-25-19(32-20)24-18(29)15-10-22-17(23-12-28)9-16(15)27-5-7-30-8-6-27/h1-4,9-10,12H,5-8,11H2,(H,22,23,28)(H,24,25,29). The smallest absolute Gasteiger partial charge is 0.296 e. The second-order valence-electron chi connectivity index (χ2n) is 6.69. The quantitative estimate of drug-likeness (QED) is 0.478. The summed E-state index contributed by atoms with van der Waals surface area (Å²) in [6.45, 7) is 2.63. The molecule has 1 fully saturated rings. The zero-order valence-corrected chi connectivity index (χ0v) is 18.4. The Morgan fingerprint density at radius 3 is 2.78 bits per heavy atom. The van der Waals surface area contributed by atoms with Crippen LogP contribution in [0.1, 0.15) is 15.9 Å². The third-order valence-electron chi connectivity index (χ3n) is 4.59. The summed E-state index contributed by atoms with van der Waals surface area (Å²) in [7, 11) is 0. The molecule has 166 valence electrons. The molecular weight excluding hydrogens is 456 g/mol. The van der Waals surface area contributed by atoms with Crippen molar-refractivity contribution in [2.24, 2.45) is 0 Å². The fourth-order valence-electron chi connectivity index (χ4n) is 3.03. The van der Waals surface area contributed by atoms with Crippen molar-refractivity contribution >= 4 is 51.9 Å². The van der Waals surface area contributed by atoms with Crippen molar-refractivity contribution in [3.05, 3.63) is 52.7 Å². The van der Waals surface area contributed by atoms with Gasteiger partial charge in [-0.1, -0.05) is 28.8 Å². The number of benzene rings is 1. The van der Waals surface area contributed by atoms with Gasteiger partial charge in [0.25, 0.3) is 11.1 Å². The SMILES string of the molecule is O=CNc1cc(N2CCOCC2)c(C(=O)Nc2nnc(OCc3ccc(Cl)cc3)s2)cn1. The van der Waals surface area contributed by atoms with Crippen molar-refractivity contribution in [2.75, 3.05) is 41.8 Å². The maximum absolute atomic E-state index is 13.0. The summed E-state index contributed by atoms with van der Waals surface area (Å²) in [5.74, 6) is -0.0381. The van der Waals surface area contributed by atoms with Gasteiger partial charge in [-0.15, -0.1) is 5.10 Å². The normalized spacial score (nSPS) is 13.5. The van der Waals surface area contributed by atoms with Gasteiger partial charge >= 0.3 is 0 Å².